The van der Waals surface area contributed by atoms with Gasteiger partial charge in [-0.2, -0.15) is 0 Å². The minimum Gasteiger partial charge on any atom is -0.484 e. The van der Waals surface area contributed by atoms with Crippen LogP contribution in [-0.2, 0) is 4.79 Å². The van der Waals surface area contributed by atoms with E-state index in [1.807, 2.05) is 19.1 Å². The molecule has 2 atom stereocenters. The van der Waals surface area contributed by atoms with Gasteiger partial charge >= 0.3 is 0 Å². The van der Waals surface area contributed by atoms with Crippen LogP contribution in [0.5, 0.6) is 5.75 Å². The second-order valence-corrected chi connectivity index (χ2v) is 5.57. The highest BCUT2D eigenvalue weighted by Crippen LogP contribution is 2.18. The first-order valence-corrected chi connectivity index (χ1v) is 7.63. The Morgan fingerprint density at radius 3 is 2.38 bits per heavy atom. The molecule has 2 aromatic carbocycles. The van der Waals surface area contributed by atoms with Crippen LogP contribution < -0.4 is 15.8 Å². The van der Waals surface area contributed by atoms with Gasteiger partial charge in [-0.1, -0.05) is 29.8 Å². The lowest BCUT2D eigenvalue weighted by Gasteiger charge is -2.22. The van der Waals surface area contributed by atoms with Crippen molar-refractivity contribution in [3.05, 3.63) is 59.7 Å². The predicted molar refractivity (Wildman–Crippen MR) is 91.5 cm³/mol. The maximum Gasteiger partial charge on any atom is 0.258 e. The van der Waals surface area contributed by atoms with Crippen LogP contribution in [0.25, 0.3) is 0 Å². The van der Waals surface area contributed by atoms with Crippen molar-refractivity contribution in [2.24, 2.45) is 0 Å². The summed E-state index contributed by atoms with van der Waals surface area (Å²) in [6, 6.07) is 13.1. The Hall–Kier alpha value is -2.57. The first kappa shape index (κ1) is 17.8. The lowest BCUT2D eigenvalue weighted by atomic mass is 10.0. The van der Waals surface area contributed by atoms with Gasteiger partial charge in [0.15, 0.2) is 6.61 Å². The van der Waals surface area contributed by atoms with Crippen LogP contribution in [0.3, 0.4) is 0 Å². The molecule has 0 aromatic heterocycles. The average molecular weight is 330 g/mol. The van der Waals surface area contributed by atoms with Gasteiger partial charge in [0.25, 0.3) is 5.91 Å². The van der Waals surface area contributed by atoms with E-state index in [4.69, 9.17) is 10.5 Å². The SMILES string of the molecule is Cc1ccc(OCC(=O)NC(CO)C(O)c2ccc(N)cc2)cc1. The Kier molecular flexibility index (Phi) is 6.17. The highest BCUT2D eigenvalue weighted by molar-refractivity contribution is 5.78. The van der Waals surface area contributed by atoms with Crippen LogP contribution in [0, 0.1) is 6.92 Å². The van der Waals surface area contributed by atoms with E-state index in [2.05, 4.69) is 5.32 Å². The summed E-state index contributed by atoms with van der Waals surface area (Å²) in [5.41, 5.74) is 7.83. The summed E-state index contributed by atoms with van der Waals surface area (Å²) >= 11 is 0. The molecule has 1 amide bonds. The summed E-state index contributed by atoms with van der Waals surface area (Å²) < 4.78 is 5.38. The van der Waals surface area contributed by atoms with Gasteiger partial charge in [-0.25, -0.2) is 0 Å². The van der Waals surface area contributed by atoms with E-state index >= 15 is 0 Å². The van der Waals surface area contributed by atoms with Crippen LogP contribution in [-0.4, -0.2) is 35.4 Å². The highest BCUT2D eigenvalue weighted by atomic mass is 16.5. The molecule has 0 fully saturated rings. The van der Waals surface area contributed by atoms with E-state index in [9.17, 15) is 15.0 Å². The number of rotatable bonds is 7. The summed E-state index contributed by atoms with van der Waals surface area (Å²) in [7, 11) is 0. The van der Waals surface area contributed by atoms with Crippen molar-refractivity contribution in [2.45, 2.75) is 19.1 Å². The maximum absolute atomic E-state index is 12.0. The largest absolute Gasteiger partial charge is 0.484 e. The first-order chi connectivity index (χ1) is 11.5. The van der Waals surface area contributed by atoms with E-state index in [0.29, 0.717) is 17.0 Å². The third-order valence-electron chi connectivity index (χ3n) is 3.59. The Morgan fingerprint density at radius 2 is 1.79 bits per heavy atom. The minimum atomic E-state index is -1.04. The van der Waals surface area contributed by atoms with Crippen LogP contribution in [0.4, 0.5) is 5.69 Å². The molecule has 0 saturated carbocycles. The van der Waals surface area contributed by atoms with Gasteiger partial charge in [0, 0.05) is 5.69 Å². The summed E-state index contributed by atoms with van der Waals surface area (Å²) in [5, 5.41) is 22.3. The molecule has 2 aromatic rings. The number of aliphatic hydroxyl groups is 2. The first-order valence-electron chi connectivity index (χ1n) is 7.63. The monoisotopic (exact) mass is 330 g/mol. The molecular formula is C18H22N2O4. The van der Waals surface area contributed by atoms with E-state index < -0.39 is 24.7 Å². The molecule has 6 nitrogen and oxygen atoms in total. The number of aliphatic hydroxyl groups excluding tert-OH is 2. The molecule has 2 unspecified atom stereocenters. The summed E-state index contributed by atoms with van der Waals surface area (Å²) in [6.07, 6.45) is -1.04. The number of benzene rings is 2. The van der Waals surface area contributed by atoms with Crippen LogP contribution >= 0.6 is 0 Å². The second kappa shape index (κ2) is 8.33. The van der Waals surface area contributed by atoms with Gasteiger partial charge < -0.3 is 26.0 Å². The summed E-state index contributed by atoms with van der Waals surface area (Å²) in [5.74, 6) is 0.152. The number of amides is 1. The Balaban J connectivity index is 1.90. The van der Waals surface area contributed by atoms with Crippen molar-refractivity contribution in [3.63, 3.8) is 0 Å². The van der Waals surface area contributed by atoms with Gasteiger partial charge in [-0.05, 0) is 36.8 Å². The molecule has 0 aliphatic rings. The number of aryl methyl sites for hydroxylation is 1. The van der Waals surface area contributed by atoms with Gasteiger partial charge in [-0.3, -0.25) is 4.79 Å². The zero-order chi connectivity index (χ0) is 17.5. The third-order valence-corrected chi connectivity index (χ3v) is 3.59. The molecule has 0 aliphatic heterocycles. The van der Waals surface area contributed by atoms with Crippen LogP contribution in [0.2, 0.25) is 0 Å². The molecule has 5 N–H and O–H groups in total. The average Bonchev–Trinajstić information content (AvgIpc) is 2.59. The number of nitrogens with one attached hydrogen (secondary N) is 1. The molecule has 0 heterocycles. The fraction of sp³-hybridized carbons (Fsp3) is 0.278. The fourth-order valence-corrected chi connectivity index (χ4v) is 2.18. The van der Waals surface area contributed by atoms with E-state index in [1.165, 1.54) is 0 Å². The quantitative estimate of drug-likeness (QED) is 0.570. The topological polar surface area (TPSA) is 105 Å². The lowest BCUT2D eigenvalue weighted by molar-refractivity contribution is -0.125. The van der Waals surface area contributed by atoms with Gasteiger partial charge in [0.05, 0.1) is 12.6 Å². The zero-order valence-corrected chi connectivity index (χ0v) is 13.5. The number of nitrogens with two attached hydrogens (primary N) is 1. The normalized spacial score (nSPS) is 13.1. The van der Waals surface area contributed by atoms with Crippen LogP contribution in [0.15, 0.2) is 48.5 Å². The number of hydrogen-bond acceptors (Lipinski definition) is 5. The van der Waals surface area contributed by atoms with Crippen molar-refractivity contribution in [2.75, 3.05) is 18.9 Å². The molecule has 128 valence electrons. The number of ether oxygens (including phenoxy) is 1. The standard InChI is InChI=1S/C18H22N2O4/c1-12-2-8-15(9-3-12)24-11-17(22)20-16(10-21)18(23)13-4-6-14(19)7-5-13/h2-9,16,18,21,23H,10-11,19H2,1H3,(H,20,22). The number of anilines is 1. The van der Waals surface area contributed by atoms with E-state index in [1.54, 1.807) is 36.4 Å². The van der Waals surface area contributed by atoms with Gasteiger partial charge in [-0.15, -0.1) is 0 Å². The number of hydrogen-bond donors (Lipinski definition) is 4. The van der Waals surface area contributed by atoms with E-state index in [-0.39, 0.29) is 6.61 Å². The number of nitrogen functional groups attached to an aromatic ring is 1. The molecule has 24 heavy (non-hydrogen) atoms. The zero-order valence-electron chi connectivity index (χ0n) is 13.5. The molecule has 0 aliphatic carbocycles. The molecule has 0 spiro atoms. The predicted octanol–water partition coefficient (Wildman–Crippen LogP) is 1.17. The van der Waals surface area contributed by atoms with Crippen molar-refractivity contribution < 1.29 is 19.7 Å². The third kappa shape index (κ3) is 4.97. The van der Waals surface area contributed by atoms with Crippen molar-refractivity contribution in [1.82, 2.24) is 5.32 Å². The van der Waals surface area contributed by atoms with Crippen molar-refractivity contribution >= 4 is 11.6 Å². The fourth-order valence-electron chi connectivity index (χ4n) is 2.18. The molecular weight excluding hydrogens is 308 g/mol. The molecule has 6 heteroatoms. The minimum absolute atomic E-state index is 0.200. The smallest absolute Gasteiger partial charge is 0.258 e. The molecule has 0 bridgehead atoms. The van der Waals surface area contributed by atoms with Crippen molar-refractivity contribution in [3.8, 4) is 5.75 Å². The highest BCUT2D eigenvalue weighted by Gasteiger charge is 2.22. The Morgan fingerprint density at radius 1 is 1.17 bits per heavy atom. The summed E-state index contributed by atoms with van der Waals surface area (Å²) in [4.78, 5) is 12.0. The second-order valence-electron chi connectivity index (χ2n) is 5.57. The van der Waals surface area contributed by atoms with Crippen molar-refractivity contribution in [1.29, 1.82) is 0 Å². The molecule has 0 saturated heterocycles. The van der Waals surface area contributed by atoms with Gasteiger partial charge in [0.1, 0.15) is 11.9 Å². The Bertz CT molecular complexity index is 656. The van der Waals surface area contributed by atoms with Gasteiger partial charge in [0.2, 0.25) is 0 Å². The van der Waals surface area contributed by atoms with Crippen LogP contribution in [0.1, 0.15) is 17.2 Å². The maximum atomic E-state index is 12.0. The molecule has 0 radical (unpaired) electrons. The molecule has 2 rings (SSSR count). The number of carbonyl (C=O) groups excluding carboxylic acids is 1. The summed E-state index contributed by atoms with van der Waals surface area (Å²) in [6.45, 7) is 1.36. The Labute approximate surface area is 140 Å². The van der Waals surface area contributed by atoms with E-state index in [0.717, 1.165) is 5.56 Å². The number of carbonyl (C=O) groups is 1. The lowest BCUT2D eigenvalue weighted by Crippen LogP contribution is -2.43.